The van der Waals surface area contributed by atoms with E-state index in [2.05, 4.69) is 0 Å². The molecule has 3 atom stereocenters. The van der Waals surface area contributed by atoms with Gasteiger partial charge >= 0.3 is 0 Å². The van der Waals surface area contributed by atoms with Gasteiger partial charge in [-0.25, -0.2) is 0 Å². The highest BCUT2D eigenvalue weighted by Crippen LogP contribution is 2.30. The first kappa shape index (κ1) is 7.38. The third kappa shape index (κ3) is 1.39. The van der Waals surface area contributed by atoms with Crippen LogP contribution in [-0.4, -0.2) is 33.9 Å². The van der Waals surface area contributed by atoms with Crippen LogP contribution >= 0.6 is 11.8 Å². The lowest BCUT2D eigenvalue weighted by molar-refractivity contribution is 0.111. The van der Waals surface area contributed by atoms with E-state index < -0.39 is 0 Å². The van der Waals surface area contributed by atoms with E-state index >= 15 is 0 Å². The van der Waals surface area contributed by atoms with Crippen LogP contribution in [-0.2, 0) is 0 Å². The molecule has 2 N–H and O–H groups in total. The monoisotopic (exact) mass is 148 g/mol. The number of hydrogen-bond donors (Lipinski definition) is 2. The second kappa shape index (κ2) is 2.90. The molecule has 1 aliphatic rings. The molecule has 3 heteroatoms. The zero-order chi connectivity index (χ0) is 6.85. The molecule has 0 aliphatic carbocycles. The van der Waals surface area contributed by atoms with Crippen molar-refractivity contribution in [3.63, 3.8) is 0 Å². The zero-order valence-corrected chi connectivity index (χ0v) is 6.27. The topological polar surface area (TPSA) is 40.5 Å². The maximum absolute atomic E-state index is 9.28. The van der Waals surface area contributed by atoms with Crippen molar-refractivity contribution in [3.8, 4) is 0 Å². The number of hydrogen-bond acceptors (Lipinski definition) is 3. The van der Waals surface area contributed by atoms with Gasteiger partial charge in [0, 0.05) is 0 Å². The molecule has 0 bridgehead atoms. The third-order valence-electron chi connectivity index (χ3n) is 1.72. The smallest absolute Gasteiger partial charge is 0.0714 e. The Kier molecular flexibility index (Phi) is 2.38. The Morgan fingerprint density at radius 2 is 2.33 bits per heavy atom. The van der Waals surface area contributed by atoms with Gasteiger partial charge < -0.3 is 10.2 Å². The van der Waals surface area contributed by atoms with Crippen LogP contribution in [0.4, 0.5) is 0 Å². The van der Waals surface area contributed by atoms with Crippen LogP contribution in [0.1, 0.15) is 6.92 Å². The highest BCUT2D eigenvalue weighted by molar-refractivity contribution is 8.00. The van der Waals surface area contributed by atoms with E-state index in [1.54, 1.807) is 11.8 Å². The first-order valence-corrected chi connectivity index (χ1v) is 4.21. The SMILES string of the molecule is C[C@@H]1CS[C@H](CO)[C@H]1O. The minimum atomic E-state index is -0.292. The minimum absolute atomic E-state index is 0.0694. The Balaban J connectivity index is 2.41. The van der Waals surface area contributed by atoms with E-state index in [0.29, 0.717) is 5.92 Å². The van der Waals surface area contributed by atoms with Crippen molar-refractivity contribution >= 4 is 11.8 Å². The highest BCUT2D eigenvalue weighted by atomic mass is 32.2. The molecule has 0 unspecified atom stereocenters. The van der Waals surface area contributed by atoms with Crippen molar-refractivity contribution in [2.75, 3.05) is 12.4 Å². The maximum atomic E-state index is 9.28. The lowest BCUT2D eigenvalue weighted by Crippen LogP contribution is -2.25. The molecule has 9 heavy (non-hydrogen) atoms. The fraction of sp³-hybridized carbons (Fsp3) is 1.00. The van der Waals surface area contributed by atoms with E-state index in [4.69, 9.17) is 5.11 Å². The summed E-state index contributed by atoms with van der Waals surface area (Å²) in [6.07, 6.45) is -0.292. The van der Waals surface area contributed by atoms with Gasteiger partial charge in [0.05, 0.1) is 18.0 Å². The predicted molar refractivity (Wildman–Crippen MR) is 38.5 cm³/mol. The zero-order valence-electron chi connectivity index (χ0n) is 5.45. The number of aliphatic hydroxyl groups excluding tert-OH is 2. The van der Waals surface area contributed by atoms with E-state index in [-0.39, 0.29) is 18.0 Å². The Labute approximate surface area is 59.3 Å². The largest absolute Gasteiger partial charge is 0.395 e. The summed E-state index contributed by atoms with van der Waals surface area (Å²) in [5.74, 6) is 1.33. The maximum Gasteiger partial charge on any atom is 0.0714 e. The van der Waals surface area contributed by atoms with Gasteiger partial charge in [-0.15, -0.1) is 0 Å². The summed E-state index contributed by atoms with van der Waals surface area (Å²) in [6, 6.07) is 0. The average molecular weight is 148 g/mol. The van der Waals surface area contributed by atoms with Gasteiger partial charge in [0.1, 0.15) is 0 Å². The van der Waals surface area contributed by atoms with Crippen molar-refractivity contribution in [2.45, 2.75) is 18.3 Å². The summed E-state index contributed by atoms with van der Waals surface area (Å²) in [4.78, 5) is 0. The van der Waals surface area contributed by atoms with Crippen molar-refractivity contribution in [1.29, 1.82) is 0 Å². The quantitative estimate of drug-likeness (QED) is 0.553. The summed E-state index contributed by atoms with van der Waals surface area (Å²) < 4.78 is 0. The molecule has 0 amide bonds. The van der Waals surface area contributed by atoms with Crippen LogP contribution in [0.3, 0.4) is 0 Å². The molecule has 1 heterocycles. The first-order valence-electron chi connectivity index (χ1n) is 3.16. The number of aliphatic hydroxyl groups is 2. The standard InChI is InChI=1S/C6H12O2S/c1-4-3-9-5(2-7)6(4)8/h4-8H,2-3H2,1H3/t4-,5-,6+/m1/s1. The average Bonchev–Trinajstić information content (AvgIpc) is 2.15. The van der Waals surface area contributed by atoms with E-state index in [1.807, 2.05) is 6.92 Å². The van der Waals surface area contributed by atoms with Gasteiger partial charge in [-0.3, -0.25) is 0 Å². The number of rotatable bonds is 1. The van der Waals surface area contributed by atoms with Gasteiger partial charge in [-0.2, -0.15) is 11.8 Å². The van der Waals surface area contributed by atoms with E-state index in [0.717, 1.165) is 5.75 Å². The summed E-state index contributed by atoms with van der Waals surface area (Å²) in [5, 5.41) is 18.0. The van der Waals surface area contributed by atoms with Crippen LogP contribution in [0, 0.1) is 5.92 Å². The molecule has 0 radical (unpaired) electrons. The molecular formula is C6H12O2S. The summed E-state index contributed by atoms with van der Waals surface area (Å²) in [5.41, 5.74) is 0. The second-order valence-electron chi connectivity index (χ2n) is 2.52. The van der Waals surface area contributed by atoms with Gasteiger partial charge in [0.25, 0.3) is 0 Å². The summed E-state index contributed by atoms with van der Waals surface area (Å²) in [7, 11) is 0. The second-order valence-corrected chi connectivity index (χ2v) is 3.79. The van der Waals surface area contributed by atoms with Crippen molar-refractivity contribution in [3.05, 3.63) is 0 Å². The molecule has 0 aromatic heterocycles. The molecule has 54 valence electrons. The van der Waals surface area contributed by atoms with Crippen LogP contribution in [0.2, 0.25) is 0 Å². The number of thioether (sulfide) groups is 1. The van der Waals surface area contributed by atoms with Crippen LogP contribution in [0.5, 0.6) is 0 Å². The molecule has 1 rings (SSSR count). The van der Waals surface area contributed by atoms with Crippen molar-refractivity contribution < 1.29 is 10.2 Å². The first-order chi connectivity index (χ1) is 4.25. The molecule has 1 fully saturated rings. The Morgan fingerprint density at radius 1 is 1.67 bits per heavy atom. The molecule has 0 aromatic rings. The Morgan fingerprint density at radius 3 is 2.56 bits per heavy atom. The summed E-state index contributed by atoms with van der Waals surface area (Å²) in [6.45, 7) is 2.11. The summed E-state index contributed by atoms with van der Waals surface area (Å²) >= 11 is 1.66. The third-order valence-corrected chi connectivity index (χ3v) is 3.29. The van der Waals surface area contributed by atoms with Crippen LogP contribution < -0.4 is 0 Å². The van der Waals surface area contributed by atoms with Gasteiger partial charge in [-0.05, 0) is 11.7 Å². The fourth-order valence-electron chi connectivity index (χ4n) is 1.000. The van der Waals surface area contributed by atoms with Gasteiger partial charge in [0.15, 0.2) is 0 Å². The molecule has 0 spiro atoms. The molecule has 1 aliphatic heterocycles. The van der Waals surface area contributed by atoms with Crippen LogP contribution in [0.15, 0.2) is 0 Å². The molecule has 1 saturated heterocycles. The Hall–Kier alpha value is 0.270. The van der Waals surface area contributed by atoms with Gasteiger partial charge in [-0.1, -0.05) is 6.92 Å². The Bertz CT molecular complexity index is 97.1. The highest BCUT2D eigenvalue weighted by Gasteiger charge is 2.31. The normalized spacial score (nSPS) is 43.7. The molecule has 0 aromatic carbocycles. The predicted octanol–water partition coefficient (Wildman–Crippen LogP) is 0.0911. The van der Waals surface area contributed by atoms with Crippen molar-refractivity contribution in [1.82, 2.24) is 0 Å². The van der Waals surface area contributed by atoms with E-state index in [9.17, 15) is 5.11 Å². The van der Waals surface area contributed by atoms with Crippen LogP contribution in [0.25, 0.3) is 0 Å². The fourth-order valence-corrected chi connectivity index (χ4v) is 2.32. The molecular weight excluding hydrogens is 136 g/mol. The van der Waals surface area contributed by atoms with Crippen molar-refractivity contribution in [2.24, 2.45) is 5.92 Å². The molecule has 2 nitrogen and oxygen atoms in total. The molecule has 0 saturated carbocycles. The lowest BCUT2D eigenvalue weighted by atomic mass is 10.1. The lowest BCUT2D eigenvalue weighted by Gasteiger charge is -2.11. The minimum Gasteiger partial charge on any atom is -0.395 e. The van der Waals surface area contributed by atoms with E-state index in [1.165, 1.54) is 0 Å². The van der Waals surface area contributed by atoms with Gasteiger partial charge in [0.2, 0.25) is 0 Å².